The molecular weight excluding hydrogens is 293 g/mol. The lowest BCUT2D eigenvalue weighted by atomic mass is 9.96. The van der Waals surface area contributed by atoms with Crippen LogP contribution in [-0.4, -0.2) is 12.6 Å². The van der Waals surface area contributed by atoms with E-state index in [1.54, 1.807) is 12.1 Å². The van der Waals surface area contributed by atoms with Crippen LogP contribution in [0.3, 0.4) is 0 Å². The van der Waals surface area contributed by atoms with Crippen LogP contribution in [0.4, 0.5) is 4.39 Å². The molecule has 0 radical (unpaired) electrons. The molecule has 1 aromatic rings. The minimum Gasteiger partial charge on any atom is -0.314 e. The molecule has 1 atom stereocenters. The van der Waals surface area contributed by atoms with Crippen molar-refractivity contribution in [3.05, 3.63) is 34.1 Å². The van der Waals surface area contributed by atoms with E-state index in [9.17, 15) is 4.39 Å². The third kappa shape index (κ3) is 5.07. The van der Waals surface area contributed by atoms with Gasteiger partial charge in [0.25, 0.3) is 0 Å². The van der Waals surface area contributed by atoms with Gasteiger partial charge in [0.1, 0.15) is 5.82 Å². The molecule has 0 spiro atoms. The molecule has 1 unspecified atom stereocenters. The Balaban J connectivity index is 2.58. The summed E-state index contributed by atoms with van der Waals surface area (Å²) in [6.45, 7) is 7.68. The number of aryl methyl sites for hydroxylation is 1. The molecule has 0 aromatic heterocycles. The number of rotatable bonds is 7. The lowest BCUT2D eigenvalue weighted by Crippen LogP contribution is -2.34. The zero-order chi connectivity index (χ0) is 13.5. The Hall–Kier alpha value is -0.410. The minimum absolute atomic E-state index is 0.157. The molecule has 0 aliphatic carbocycles. The number of hydrogen-bond acceptors (Lipinski definition) is 1. The summed E-state index contributed by atoms with van der Waals surface area (Å²) in [5, 5.41) is 3.56. The molecule has 0 bridgehead atoms. The maximum atomic E-state index is 13.2. The molecule has 0 heterocycles. The lowest BCUT2D eigenvalue weighted by Gasteiger charge is -2.22. The van der Waals surface area contributed by atoms with Crippen molar-refractivity contribution < 1.29 is 4.39 Å². The van der Waals surface area contributed by atoms with Gasteiger partial charge in [-0.15, -0.1) is 0 Å². The van der Waals surface area contributed by atoms with Crippen molar-refractivity contribution in [1.82, 2.24) is 5.32 Å². The first-order valence-corrected chi connectivity index (χ1v) is 7.51. The predicted molar refractivity (Wildman–Crippen MR) is 79.3 cm³/mol. The van der Waals surface area contributed by atoms with E-state index in [4.69, 9.17) is 0 Å². The molecule has 0 saturated carbocycles. The molecule has 18 heavy (non-hydrogen) atoms. The first kappa shape index (κ1) is 15.6. The van der Waals surface area contributed by atoms with E-state index in [1.165, 1.54) is 6.07 Å². The molecule has 0 aliphatic rings. The topological polar surface area (TPSA) is 12.0 Å². The lowest BCUT2D eigenvalue weighted by molar-refractivity contribution is 0.378. The Bertz CT molecular complexity index is 366. The average molecular weight is 316 g/mol. The number of benzene rings is 1. The van der Waals surface area contributed by atoms with Crippen LogP contribution in [0.1, 0.15) is 39.2 Å². The molecule has 1 nitrogen and oxygen atoms in total. The summed E-state index contributed by atoms with van der Waals surface area (Å²) in [6.07, 6.45) is 3.09. The zero-order valence-electron chi connectivity index (χ0n) is 11.5. The van der Waals surface area contributed by atoms with Gasteiger partial charge in [-0.1, -0.05) is 36.7 Å². The van der Waals surface area contributed by atoms with Crippen LogP contribution in [0.2, 0.25) is 0 Å². The van der Waals surface area contributed by atoms with Crippen LogP contribution in [0.15, 0.2) is 22.7 Å². The Kier molecular flexibility index (Phi) is 6.87. The van der Waals surface area contributed by atoms with Crippen molar-refractivity contribution in [2.75, 3.05) is 6.54 Å². The first-order valence-electron chi connectivity index (χ1n) is 6.72. The second-order valence-corrected chi connectivity index (χ2v) is 5.93. The second kappa shape index (κ2) is 7.90. The average Bonchev–Trinajstić information content (AvgIpc) is 2.33. The number of hydrogen-bond donors (Lipinski definition) is 1. The van der Waals surface area contributed by atoms with E-state index in [-0.39, 0.29) is 5.82 Å². The van der Waals surface area contributed by atoms with Gasteiger partial charge in [0.05, 0.1) is 0 Å². The van der Waals surface area contributed by atoms with Gasteiger partial charge in [0.15, 0.2) is 0 Å². The molecule has 1 N–H and O–H groups in total. The van der Waals surface area contributed by atoms with E-state index in [0.717, 1.165) is 35.8 Å². The van der Waals surface area contributed by atoms with E-state index in [2.05, 4.69) is 42.0 Å². The van der Waals surface area contributed by atoms with Crippen molar-refractivity contribution in [3.8, 4) is 0 Å². The fourth-order valence-corrected chi connectivity index (χ4v) is 2.49. The number of nitrogens with one attached hydrogen (secondary N) is 1. The molecule has 3 heteroatoms. The van der Waals surface area contributed by atoms with Gasteiger partial charge in [0, 0.05) is 10.5 Å². The van der Waals surface area contributed by atoms with E-state index >= 15 is 0 Å². The van der Waals surface area contributed by atoms with Crippen molar-refractivity contribution >= 4 is 15.9 Å². The largest absolute Gasteiger partial charge is 0.314 e. The van der Waals surface area contributed by atoms with E-state index < -0.39 is 0 Å². The third-order valence-electron chi connectivity index (χ3n) is 3.19. The molecule has 102 valence electrons. The quantitative estimate of drug-likeness (QED) is 0.778. The Morgan fingerprint density at radius 3 is 2.67 bits per heavy atom. The summed E-state index contributed by atoms with van der Waals surface area (Å²) in [7, 11) is 0. The second-order valence-electron chi connectivity index (χ2n) is 5.08. The minimum atomic E-state index is -0.157. The summed E-state index contributed by atoms with van der Waals surface area (Å²) >= 11 is 3.48. The van der Waals surface area contributed by atoms with Gasteiger partial charge < -0.3 is 5.32 Å². The van der Waals surface area contributed by atoms with Gasteiger partial charge in [-0.25, -0.2) is 4.39 Å². The van der Waals surface area contributed by atoms with Crippen molar-refractivity contribution in [2.45, 2.75) is 46.1 Å². The van der Waals surface area contributed by atoms with Crippen molar-refractivity contribution in [2.24, 2.45) is 5.92 Å². The predicted octanol–water partition coefficient (Wildman–Crippen LogP) is 4.55. The van der Waals surface area contributed by atoms with Crippen LogP contribution in [0, 0.1) is 11.7 Å². The third-order valence-corrected chi connectivity index (χ3v) is 3.97. The highest BCUT2D eigenvalue weighted by molar-refractivity contribution is 9.10. The number of halogens is 2. The Morgan fingerprint density at radius 1 is 1.33 bits per heavy atom. The van der Waals surface area contributed by atoms with Gasteiger partial charge in [0.2, 0.25) is 0 Å². The summed E-state index contributed by atoms with van der Waals surface area (Å²) in [6, 6.07) is 5.40. The van der Waals surface area contributed by atoms with E-state index in [1.807, 2.05) is 0 Å². The molecule has 1 rings (SSSR count). The molecular formula is C15H23BrFN. The van der Waals surface area contributed by atoms with Gasteiger partial charge in [-0.2, -0.15) is 0 Å². The van der Waals surface area contributed by atoms with Crippen LogP contribution >= 0.6 is 15.9 Å². The normalized spacial score (nSPS) is 13.0. The van der Waals surface area contributed by atoms with Crippen LogP contribution < -0.4 is 5.32 Å². The van der Waals surface area contributed by atoms with Crippen LogP contribution in [-0.2, 0) is 6.42 Å². The highest BCUT2D eigenvalue weighted by Gasteiger charge is 2.13. The summed E-state index contributed by atoms with van der Waals surface area (Å²) < 4.78 is 14.2. The SMILES string of the molecule is CCCNC(CCc1cc(F)ccc1Br)C(C)C. The zero-order valence-corrected chi connectivity index (χ0v) is 13.1. The maximum Gasteiger partial charge on any atom is 0.123 e. The highest BCUT2D eigenvalue weighted by Crippen LogP contribution is 2.21. The molecule has 0 saturated heterocycles. The molecule has 0 fully saturated rings. The fraction of sp³-hybridized carbons (Fsp3) is 0.600. The first-order chi connectivity index (χ1) is 8.54. The van der Waals surface area contributed by atoms with Gasteiger partial charge >= 0.3 is 0 Å². The summed E-state index contributed by atoms with van der Waals surface area (Å²) in [5.41, 5.74) is 1.05. The fourth-order valence-electron chi connectivity index (χ4n) is 2.05. The van der Waals surface area contributed by atoms with Gasteiger partial charge in [-0.05, 0) is 55.5 Å². The Morgan fingerprint density at radius 2 is 2.06 bits per heavy atom. The summed E-state index contributed by atoms with van der Waals surface area (Å²) in [4.78, 5) is 0. The Labute approximate surface area is 118 Å². The summed E-state index contributed by atoms with van der Waals surface area (Å²) in [5.74, 6) is 0.444. The van der Waals surface area contributed by atoms with E-state index in [0.29, 0.717) is 12.0 Å². The van der Waals surface area contributed by atoms with Crippen LogP contribution in [0.5, 0.6) is 0 Å². The maximum absolute atomic E-state index is 13.2. The monoisotopic (exact) mass is 315 g/mol. The van der Waals surface area contributed by atoms with Crippen molar-refractivity contribution in [1.29, 1.82) is 0 Å². The molecule has 1 aromatic carbocycles. The van der Waals surface area contributed by atoms with Crippen LogP contribution in [0.25, 0.3) is 0 Å². The van der Waals surface area contributed by atoms with Crippen molar-refractivity contribution in [3.63, 3.8) is 0 Å². The standard InChI is InChI=1S/C15H23BrFN/c1-4-9-18-15(11(2)3)8-5-12-10-13(17)6-7-14(12)16/h6-7,10-11,15,18H,4-5,8-9H2,1-3H3. The highest BCUT2D eigenvalue weighted by atomic mass is 79.9. The molecule has 0 amide bonds. The molecule has 0 aliphatic heterocycles. The van der Waals surface area contributed by atoms with Gasteiger partial charge in [-0.3, -0.25) is 0 Å². The smallest absolute Gasteiger partial charge is 0.123 e.